The molecule has 1 amide bonds. The van der Waals surface area contributed by atoms with Gasteiger partial charge in [-0.15, -0.1) is 0 Å². The molecule has 1 aromatic rings. The molecule has 4 saturated heterocycles. The van der Waals surface area contributed by atoms with Crippen molar-refractivity contribution in [2.24, 2.45) is 5.92 Å². The average Bonchev–Trinajstić information content (AvgIpc) is 3.12. The van der Waals surface area contributed by atoms with E-state index in [1.165, 1.54) is 37.1 Å². The number of methoxy groups -OCH3 is 1. The van der Waals surface area contributed by atoms with Crippen LogP contribution in [0.3, 0.4) is 0 Å². The van der Waals surface area contributed by atoms with Crippen LogP contribution in [0.2, 0.25) is 0 Å². The molecule has 3 atom stereocenters. The van der Waals surface area contributed by atoms with Gasteiger partial charge in [-0.25, -0.2) is 0 Å². The number of nitrogens with zero attached hydrogens (tertiary/aromatic N) is 2. The Morgan fingerprint density at radius 3 is 2.52 bits per heavy atom. The van der Waals surface area contributed by atoms with Gasteiger partial charge in [-0.2, -0.15) is 0 Å². The lowest BCUT2D eigenvalue weighted by Crippen LogP contribution is -2.60. The molecule has 4 aliphatic rings. The summed E-state index contributed by atoms with van der Waals surface area (Å²) in [6.45, 7) is 6.28. The maximum absolute atomic E-state index is 13.1. The van der Waals surface area contributed by atoms with E-state index in [2.05, 4.69) is 41.0 Å². The Kier molecular flexibility index (Phi) is 5.84. The molecular formula is C23H34N2O2. The fourth-order valence-corrected chi connectivity index (χ4v) is 5.65. The van der Waals surface area contributed by atoms with Crippen molar-refractivity contribution in [2.45, 2.75) is 63.5 Å². The van der Waals surface area contributed by atoms with Gasteiger partial charge in [0.2, 0.25) is 5.91 Å². The molecule has 4 nitrogen and oxygen atoms in total. The Labute approximate surface area is 163 Å². The predicted molar refractivity (Wildman–Crippen MR) is 108 cm³/mol. The third kappa shape index (κ3) is 3.79. The second-order valence-electron chi connectivity index (χ2n) is 8.72. The minimum Gasteiger partial charge on any atom is -0.385 e. The zero-order chi connectivity index (χ0) is 18.8. The molecule has 0 unspecified atom stereocenters. The SMILES string of the molecule is COCCCCCC(=O)N1C[C@@H](c2ccc(C)cc2)[C@@H]2[C@H]1C1CCN2CC1. The first kappa shape index (κ1) is 18.9. The Morgan fingerprint density at radius 2 is 1.81 bits per heavy atom. The molecule has 4 aliphatic heterocycles. The van der Waals surface area contributed by atoms with Crippen LogP contribution in [0, 0.1) is 12.8 Å². The number of benzene rings is 1. The molecule has 0 aliphatic carbocycles. The fraction of sp³-hybridized carbons (Fsp3) is 0.696. The topological polar surface area (TPSA) is 32.8 Å². The number of hydrogen-bond acceptors (Lipinski definition) is 3. The molecule has 148 valence electrons. The minimum atomic E-state index is 0.380. The van der Waals surface area contributed by atoms with Gasteiger partial charge in [0.1, 0.15) is 0 Å². The highest BCUT2D eigenvalue weighted by Gasteiger charge is 2.54. The molecule has 27 heavy (non-hydrogen) atoms. The number of carbonyl (C=O) groups is 1. The molecule has 0 N–H and O–H groups in total. The van der Waals surface area contributed by atoms with Gasteiger partial charge >= 0.3 is 0 Å². The van der Waals surface area contributed by atoms with E-state index in [1.807, 2.05) is 0 Å². The van der Waals surface area contributed by atoms with E-state index in [-0.39, 0.29) is 0 Å². The summed E-state index contributed by atoms with van der Waals surface area (Å²) in [5, 5.41) is 0. The maximum atomic E-state index is 13.1. The molecule has 2 bridgehead atoms. The van der Waals surface area contributed by atoms with Crippen molar-refractivity contribution < 1.29 is 9.53 Å². The first-order chi connectivity index (χ1) is 13.2. The van der Waals surface area contributed by atoms with Crippen LogP contribution in [0.5, 0.6) is 0 Å². The van der Waals surface area contributed by atoms with E-state index in [4.69, 9.17) is 4.74 Å². The molecular weight excluding hydrogens is 336 g/mol. The summed E-state index contributed by atoms with van der Waals surface area (Å²) in [7, 11) is 1.74. The van der Waals surface area contributed by atoms with Crippen LogP contribution in [0.25, 0.3) is 0 Å². The summed E-state index contributed by atoms with van der Waals surface area (Å²) in [4.78, 5) is 18.1. The number of carbonyl (C=O) groups excluding carboxylic acids is 1. The zero-order valence-corrected chi connectivity index (χ0v) is 16.9. The van der Waals surface area contributed by atoms with Gasteiger partial charge in [-0.1, -0.05) is 36.2 Å². The molecule has 0 radical (unpaired) electrons. The lowest BCUT2D eigenvalue weighted by Gasteiger charge is -2.51. The fourth-order valence-electron chi connectivity index (χ4n) is 5.65. The minimum absolute atomic E-state index is 0.380. The third-order valence-corrected chi connectivity index (χ3v) is 7.06. The summed E-state index contributed by atoms with van der Waals surface area (Å²) in [6, 6.07) is 9.99. The van der Waals surface area contributed by atoms with Crippen LogP contribution in [-0.4, -0.2) is 61.1 Å². The summed E-state index contributed by atoms with van der Waals surface area (Å²) in [6.07, 6.45) is 6.34. The molecule has 5 rings (SSSR count). The van der Waals surface area contributed by atoms with E-state index < -0.39 is 0 Å². The highest BCUT2D eigenvalue weighted by Crippen LogP contribution is 2.46. The van der Waals surface area contributed by atoms with Gasteiger partial charge in [-0.05, 0) is 57.2 Å². The number of likely N-dealkylation sites (tertiary alicyclic amines) is 1. The zero-order valence-electron chi connectivity index (χ0n) is 16.9. The van der Waals surface area contributed by atoms with E-state index in [0.29, 0.717) is 36.2 Å². The number of rotatable bonds is 7. The summed E-state index contributed by atoms with van der Waals surface area (Å²) < 4.78 is 5.12. The largest absolute Gasteiger partial charge is 0.385 e. The van der Waals surface area contributed by atoms with Crippen molar-refractivity contribution in [3.8, 4) is 0 Å². The first-order valence-electron chi connectivity index (χ1n) is 10.8. The number of fused-ring (bicyclic) bond motifs is 2. The molecule has 4 heteroatoms. The van der Waals surface area contributed by atoms with Crippen molar-refractivity contribution >= 4 is 5.91 Å². The number of unbranched alkanes of at least 4 members (excludes halogenated alkanes) is 2. The molecule has 4 heterocycles. The summed E-state index contributed by atoms with van der Waals surface area (Å²) in [5.74, 6) is 1.55. The average molecular weight is 371 g/mol. The van der Waals surface area contributed by atoms with Gasteiger partial charge in [-0.3, -0.25) is 9.69 Å². The van der Waals surface area contributed by atoms with Crippen LogP contribution in [0.1, 0.15) is 55.6 Å². The first-order valence-corrected chi connectivity index (χ1v) is 10.8. The normalized spacial score (nSPS) is 31.9. The van der Waals surface area contributed by atoms with Crippen molar-refractivity contribution in [3.63, 3.8) is 0 Å². The number of amides is 1. The van der Waals surface area contributed by atoms with Crippen molar-refractivity contribution in [2.75, 3.05) is 33.4 Å². The van der Waals surface area contributed by atoms with Crippen LogP contribution in [-0.2, 0) is 9.53 Å². The Balaban J connectivity index is 1.49. The predicted octanol–water partition coefficient (Wildman–Crippen LogP) is 3.59. The Bertz CT molecular complexity index is 636. The van der Waals surface area contributed by atoms with Crippen LogP contribution in [0.4, 0.5) is 0 Å². The highest BCUT2D eigenvalue weighted by molar-refractivity contribution is 5.77. The summed E-state index contributed by atoms with van der Waals surface area (Å²) in [5.41, 5.74) is 2.72. The van der Waals surface area contributed by atoms with E-state index in [0.717, 1.165) is 32.4 Å². The third-order valence-electron chi connectivity index (χ3n) is 7.06. The van der Waals surface area contributed by atoms with Crippen molar-refractivity contribution in [3.05, 3.63) is 35.4 Å². The van der Waals surface area contributed by atoms with Gasteiger partial charge < -0.3 is 9.64 Å². The van der Waals surface area contributed by atoms with Gasteiger partial charge in [0, 0.05) is 38.6 Å². The second kappa shape index (κ2) is 8.32. The van der Waals surface area contributed by atoms with E-state index in [1.54, 1.807) is 7.11 Å². The number of hydrogen-bond donors (Lipinski definition) is 0. The quantitative estimate of drug-likeness (QED) is 0.688. The monoisotopic (exact) mass is 370 g/mol. The molecule has 0 saturated carbocycles. The molecule has 4 fully saturated rings. The maximum Gasteiger partial charge on any atom is 0.222 e. The second-order valence-corrected chi connectivity index (χ2v) is 8.72. The van der Waals surface area contributed by atoms with Crippen LogP contribution >= 0.6 is 0 Å². The lowest BCUT2D eigenvalue weighted by atomic mass is 9.75. The standard InChI is InChI=1S/C23H34N2O2/c1-17-7-9-18(10-8-17)20-16-25(21(26)6-4-3-5-15-27-2)22-19-11-13-24(14-12-19)23(20)22/h7-10,19-20,22-23H,3-6,11-16H2,1-2H3/t20-,22+,23+/m0/s1. The smallest absolute Gasteiger partial charge is 0.222 e. The van der Waals surface area contributed by atoms with Gasteiger partial charge in [0.05, 0.1) is 6.04 Å². The Morgan fingerprint density at radius 1 is 1.07 bits per heavy atom. The van der Waals surface area contributed by atoms with Crippen LogP contribution < -0.4 is 0 Å². The Hall–Kier alpha value is -1.39. The lowest BCUT2D eigenvalue weighted by molar-refractivity contribution is -0.136. The van der Waals surface area contributed by atoms with Crippen molar-refractivity contribution in [1.29, 1.82) is 0 Å². The van der Waals surface area contributed by atoms with E-state index in [9.17, 15) is 4.79 Å². The molecule has 0 spiro atoms. The van der Waals surface area contributed by atoms with E-state index >= 15 is 0 Å². The van der Waals surface area contributed by atoms with Crippen LogP contribution in [0.15, 0.2) is 24.3 Å². The number of ether oxygens (including phenoxy) is 1. The molecule has 0 aromatic heterocycles. The van der Waals surface area contributed by atoms with Gasteiger partial charge in [0.25, 0.3) is 0 Å². The summed E-state index contributed by atoms with van der Waals surface area (Å²) >= 11 is 0. The molecule has 1 aromatic carbocycles. The van der Waals surface area contributed by atoms with Gasteiger partial charge in [0.15, 0.2) is 0 Å². The van der Waals surface area contributed by atoms with Crippen molar-refractivity contribution in [1.82, 2.24) is 9.80 Å². The highest BCUT2D eigenvalue weighted by atomic mass is 16.5. The number of piperidine rings is 3. The number of aryl methyl sites for hydroxylation is 1.